The predicted octanol–water partition coefficient (Wildman–Crippen LogP) is -2.16. The summed E-state index contributed by atoms with van der Waals surface area (Å²) in [6.07, 6.45) is 1.85. The molecule has 0 bridgehead atoms. The monoisotopic (exact) mass is 186 g/mol. The molecule has 6 heteroatoms. The fourth-order valence-electron chi connectivity index (χ4n) is 1.21. The van der Waals surface area contributed by atoms with Crippen molar-refractivity contribution in [3.63, 3.8) is 0 Å². The van der Waals surface area contributed by atoms with Gasteiger partial charge in [-0.15, -0.1) is 0 Å². The molecule has 0 radical (unpaired) electrons. The summed E-state index contributed by atoms with van der Waals surface area (Å²) in [5.74, 6) is -0.640. The Morgan fingerprint density at radius 3 is 2.85 bits per heavy atom. The standard InChI is InChI=1S/C7H14N4O2/c8-6(12)4-10-11-7(13)5-2-1-3-9-5/h5,9-10H,1-4H2,(H2,8,12)(H,11,13). The minimum Gasteiger partial charge on any atom is -0.369 e. The van der Waals surface area contributed by atoms with Crippen LogP contribution in [0.15, 0.2) is 0 Å². The van der Waals surface area contributed by atoms with Crippen LogP contribution in [0.1, 0.15) is 12.8 Å². The summed E-state index contributed by atoms with van der Waals surface area (Å²) >= 11 is 0. The lowest BCUT2D eigenvalue weighted by molar-refractivity contribution is -0.124. The highest BCUT2D eigenvalue weighted by molar-refractivity contribution is 5.82. The number of nitrogens with one attached hydrogen (secondary N) is 3. The third-order valence-electron chi connectivity index (χ3n) is 1.85. The van der Waals surface area contributed by atoms with Crippen LogP contribution in [0.25, 0.3) is 0 Å². The third kappa shape index (κ3) is 3.39. The number of hydrogen-bond acceptors (Lipinski definition) is 4. The molecule has 74 valence electrons. The predicted molar refractivity (Wildman–Crippen MR) is 46.4 cm³/mol. The van der Waals surface area contributed by atoms with Gasteiger partial charge in [-0.3, -0.25) is 15.0 Å². The quantitative estimate of drug-likeness (QED) is 0.376. The van der Waals surface area contributed by atoms with Gasteiger partial charge in [0.25, 0.3) is 5.91 Å². The first-order valence-electron chi connectivity index (χ1n) is 4.24. The van der Waals surface area contributed by atoms with Gasteiger partial charge in [-0.05, 0) is 19.4 Å². The van der Waals surface area contributed by atoms with E-state index in [0.717, 1.165) is 19.4 Å². The first-order chi connectivity index (χ1) is 6.20. The highest BCUT2D eigenvalue weighted by Crippen LogP contribution is 2.03. The van der Waals surface area contributed by atoms with Crippen molar-refractivity contribution in [3.8, 4) is 0 Å². The summed E-state index contributed by atoms with van der Waals surface area (Å²) in [6.45, 7) is 0.826. The van der Waals surface area contributed by atoms with Crippen molar-refractivity contribution in [3.05, 3.63) is 0 Å². The SMILES string of the molecule is NC(=O)CNNC(=O)C1CCCN1. The molecule has 1 rings (SSSR count). The fourth-order valence-corrected chi connectivity index (χ4v) is 1.21. The average molecular weight is 186 g/mol. The van der Waals surface area contributed by atoms with Crippen LogP contribution in [0, 0.1) is 0 Å². The van der Waals surface area contributed by atoms with E-state index in [4.69, 9.17) is 5.73 Å². The Morgan fingerprint density at radius 2 is 2.31 bits per heavy atom. The third-order valence-corrected chi connectivity index (χ3v) is 1.85. The van der Waals surface area contributed by atoms with Gasteiger partial charge in [0.15, 0.2) is 0 Å². The molecule has 0 aromatic carbocycles. The second-order valence-electron chi connectivity index (χ2n) is 2.96. The number of hydrogen-bond donors (Lipinski definition) is 4. The van der Waals surface area contributed by atoms with Crippen LogP contribution in [0.3, 0.4) is 0 Å². The molecule has 0 aromatic rings. The Hall–Kier alpha value is -1.14. The number of amides is 2. The Morgan fingerprint density at radius 1 is 1.54 bits per heavy atom. The maximum atomic E-state index is 11.2. The van der Waals surface area contributed by atoms with Crippen LogP contribution < -0.4 is 21.9 Å². The van der Waals surface area contributed by atoms with Crippen molar-refractivity contribution in [1.29, 1.82) is 0 Å². The topological polar surface area (TPSA) is 96.2 Å². The summed E-state index contributed by atoms with van der Waals surface area (Å²) in [7, 11) is 0. The highest BCUT2D eigenvalue weighted by Gasteiger charge is 2.21. The van der Waals surface area contributed by atoms with Crippen molar-refractivity contribution >= 4 is 11.8 Å². The minimum atomic E-state index is -0.500. The molecular weight excluding hydrogens is 172 g/mol. The summed E-state index contributed by atoms with van der Waals surface area (Å²) < 4.78 is 0. The first-order valence-corrected chi connectivity index (χ1v) is 4.24. The van der Waals surface area contributed by atoms with E-state index in [-0.39, 0.29) is 18.5 Å². The molecule has 0 aliphatic carbocycles. The fraction of sp³-hybridized carbons (Fsp3) is 0.714. The Kier molecular flexibility index (Phi) is 3.66. The molecule has 1 unspecified atom stereocenters. The summed E-state index contributed by atoms with van der Waals surface area (Å²) in [6, 6.07) is -0.139. The van der Waals surface area contributed by atoms with E-state index in [1.807, 2.05) is 0 Å². The molecular formula is C7H14N4O2. The first kappa shape index (κ1) is 9.94. The minimum absolute atomic E-state index is 0.0432. The second kappa shape index (κ2) is 4.78. The van der Waals surface area contributed by atoms with E-state index in [1.54, 1.807) is 0 Å². The summed E-state index contributed by atoms with van der Waals surface area (Å²) in [5, 5.41) is 3.03. The van der Waals surface area contributed by atoms with Gasteiger partial charge in [-0.2, -0.15) is 0 Å². The van der Waals surface area contributed by atoms with E-state index in [0.29, 0.717) is 0 Å². The van der Waals surface area contributed by atoms with Crippen molar-refractivity contribution in [2.75, 3.05) is 13.1 Å². The zero-order chi connectivity index (χ0) is 9.68. The van der Waals surface area contributed by atoms with Crippen LogP contribution in [-0.4, -0.2) is 30.9 Å². The number of rotatable bonds is 4. The molecule has 5 N–H and O–H groups in total. The molecule has 0 spiro atoms. The van der Waals surface area contributed by atoms with Gasteiger partial charge in [0.2, 0.25) is 5.91 Å². The highest BCUT2D eigenvalue weighted by atomic mass is 16.2. The zero-order valence-electron chi connectivity index (χ0n) is 7.30. The number of hydrazine groups is 1. The van der Waals surface area contributed by atoms with Crippen LogP contribution in [-0.2, 0) is 9.59 Å². The smallest absolute Gasteiger partial charge is 0.251 e. The molecule has 0 aromatic heterocycles. The maximum absolute atomic E-state index is 11.2. The number of carbonyl (C=O) groups excluding carboxylic acids is 2. The lowest BCUT2D eigenvalue weighted by atomic mass is 10.2. The Balaban J connectivity index is 2.13. The molecule has 1 fully saturated rings. The maximum Gasteiger partial charge on any atom is 0.251 e. The van der Waals surface area contributed by atoms with Crippen molar-refractivity contribution in [1.82, 2.24) is 16.2 Å². The number of nitrogens with two attached hydrogens (primary N) is 1. The van der Waals surface area contributed by atoms with Gasteiger partial charge in [-0.25, -0.2) is 5.43 Å². The molecule has 1 heterocycles. The zero-order valence-corrected chi connectivity index (χ0v) is 7.30. The van der Waals surface area contributed by atoms with E-state index in [9.17, 15) is 9.59 Å². The van der Waals surface area contributed by atoms with Crippen LogP contribution in [0.5, 0.6) is 0 Å². The van der Waals surface area contributed by atoms with E-state index in [1.165, 1.54) is 0 Å². The normalized spacial score (nSPS) is 21.4. The van der Waals surface area contributed by atoms with E-state index < -0.39 is 5.91 Å². The van der Waals surface area contributed by atoms with Crippen LogP contribution in [0.4, 0.5) is 0 Å². The second-order valence-corrected chi connectivity index (χ2v) is 2.96. The Labute approximate surface area is 76.2 Å². The number of primary amides is 1. The van der Waals surface area contributed by atoms with E-state index >= 15 is 0 Å². The molecule has 2 amide bonds. The lowest BCUT2D eigenvalue weighted by Gasteiger charge is -2.10. The molecule has 1 atom stereocenters. The van der Waals surface area contributed by atoms with Gasteiger partial charge in [0.05, 0.1) is 12.6 Å². The Bertz CT molecular complexity index is 201. The lowest BCUT2D eigenvalue weighted by Crippen LogP contribution is -2.49. The van der Waals surface area contributed by atoms with Crippen LogP contribution >= 0.6 is 0 Å². The van der Waals surface area contributed by atoms with Crippen molar-refractivity contribution < 1.29 is 9.59 Å². The van der Waals surface area contributed by atoms with E-state index in [2.05, 4.69) is 16.2 Å². The molecule has 1 aliphatic rings. The average Bonchev–Trinajstić information content (AvgIpc) is 2.55. The molecule has 6 nitrogen and oxygen atoms in total. The van der Waals surface area contributed by atoms with Crippen LogP contribution in [0.2, 0.25) is 0 Å². The largest absolute Gasteiger partial charge is 0.369 e. The molecule has 1 saturated heterocycles. The summed E-state index contributed by atoms with van der Waals surface area (Å²) in [4.78, 5) is 21.5. The van der Waals surface area contributed by atoms with Gasteiger partial charge < -0.3 is 11.1 Å². The van der Waals surface area contributed by atoms with Crippen molar-refractivity contribution in [2.24, 2.45) is 5.73 Å². The molecule has 13 heavy (non-hydrogen) atoms. The summed E-state index contributed by atoms with van der Waals surface area (Å²) in [5.41, 5.74) is 9.71. The van der Waals surface area contributed by atoms with Gasteiger partial charge >= 0.3 is 0 Å². The van der Waals surface area contributed by atoms with Gasteiger partial charge in [0, 0.05) is 0 Å². The molecule has 1 aliphatic heterocycles. The van der Waals surface area contributed by atoms with Gasteiger partial charge in [-0.1, -0.05) is 0 Å². The van der Waals surface area contributed by atoms with Crippen molar-refractivity contribution in [2.45, 2.75) is 18.9 Å². The number of carbonyl (C=O) groups is 2. The molecule has 0 saturated carbocycles. The van der Waals surface area contributed by atoms with Gasteiger partial charge in [0.1, 0.15) is 0 Å².